The number of hydrogen-bond donors (Lipinski definition) is 2. The van der Waals surface area contributed by atoms with E-state index < -0.39 is 0 Å². The molecular formula is C14H24N4O. The third-order valence-corrected chi connectivity index (χ3v) is 4.23. The van der Waals surface area contributed by atoms with Gasteiger partial charge in [-0.3, -0.25) is 9.89 Å². The molecule has 1 amide bonds. The second-order valence-corrected chi connectivity index (χ2v) is 5.62. The summed E-state index contributed by atoms with van der Waals surface area (Å²) in [7, 11) is 3.84. The Labute approximate surface area is 114 Å². The van der Waals surface area contributed by atoms with Crippen molar-refractivity contribution in [3.8, 4) is 0 Å². The molecule has 1 heterocycles. The average Bonchev–Trinajstić information content (AvgIpc) is 2.92. The molecule has 0 bridgehead atoms. The summed E-state index contributed by atoms with van der Waals surface area (Å²) in [6, 6.07) is 0. The van der Waals surface area contributed by atoms with E-state index in [1.807, 2.05) is 20.3 Å². The molecule has 0 spiro atoms. The zero-order chi connectivity index (χ0) is 13.7. The number of nitrogens with one attached hydrogen (secondary N) is 2. The molecule has 5 nitrogen and oxygen atoms in total. The number of hydrogen-bond acceptors (Lipinski definition) is 3. The van der Waals surface area contributed by atoms with Gasteiger partial charge in [0.1, 0.15) is 0 Å². The van der Waals surface area contributed by atoms with Crippen LogP contribution in [0.25, 0.3) is 0 Å². The number of aromatic amines is 1. The smallest absolute Gasteiger partial charge is 0.224 e. The van der Waals surface area contributed by atoms with Gasteiger partial charge in [0.25, 0.3) is 0 Å². The van der Waals surface area contributed by atoms with E-state index in [1.165, 1.54) is 19.3 Å². The SMILES string of the molecule is CNC1(CC(=O)N(C)Cc2cn[nH]c2)CCCCC1. The Morgan fingerprint density at radius 3 is 2.79 bits per heavy atom. The normalized spacial score (nSPS) is 18.2. The highest BCUT2D eigenvalue weighted by Crippen LogP contribution is 2.31. The van der Waals surface area contributed by atoms with Crippen molar-refractivity contribution in [2.45, 2.75) is 50.6 Å². The highest BCUT2D eigenvalue weighted by atomic mass is 16.2. The third kappa shape index (κ3) is 3.56. The molecule has 0 saturated heterocycles. The van der Waals surface area contributed by atoms with Crippen molar-refractivity contribution in [2.24, 2.45) is 0 Å². The lowest BCUT2D eigenvalue weighted by atomic mass is 9.79. The van der Waals surface area contributed by atoms with Gasteiger partial charge in [-0.25, -0.2) is 0 Å². The molecule has 1 aromatic rings. The number of H-pyrrole nitrogens is 1. The van der Waals surface area contributed by atoms with Gasteiger partial charge in [-0.05, 0) is 19.9 Å². The van der Waals surface area contributed by atoms with Crippen LogP contribution in [0.4, 0.5) is 0 Å². The van der Waals surface area contributed by atoms with E-state index in [0.29, 0.717) is 13.0 Å². The van der Waals surface area contributed by atoms with Gasteiger partial charge in [-0.1, -0.05) is 19.3 Å². The molecule has 106 valence electrons. The summed E-state index contributed by atoms with van der Waals surface area (Å²) in [6.45, 7) is 0.620. The average molecular weight is 264 g/mol. The molecule has 19 heavy (non-hydrogen) atoms. The number of rotatable bonds is 5. The lowest BCUT2D eigenvalue weighted by molar-refractivity contribution is -0.132. The molecule has 0 unspecified atom stereocenters. The van der Waals surface area contributed by atoms with Gasteiger partial charge in [-0.15, -0.1) is 0 Å². The predicted molar refractivity (Wildman–Crippen MR) is 74.6 cm³/mol. The monoisotopic (exact) mass is 264 g/mol. The van der Waals surface area contributed by atoms with Crippen LogP contribution in [-0.4, -0.2) is 40.6 Å². The highest BCUT2D eigenvalue weighted by molar-refractivity contribution is 5.77. The molecule has 1 aliphatic rings. The van der Waals surface area contributed by atoms with Gasteiger partial charge in [0.2, 0.25) is 5.91 Å². The molecule has 1 aliphatic carbocycles. The van der Waals surface area contributed by atoms with Crippen LogP contribution < -0.4 is 5.32 Å². The van der Waals surface area contributed by atoms with Crippen LogP contribution in [0.2, 0.25) is 0 Å². The fourth-order valence-corrected chi connectivity index (χ4v) is 2.89. The van der Waals surface area contributed by atoms with Gasteiger partial charge in [0.05, 0.1) is 6.20 Å². The molecule has 0 aliphatic heterocycles. The Morgan fingerprint density at radius 1 is 1.47 bits per heavy atom. The molecule has 1 fully saturated rings. The highest BCUT2D eigenvalue weighted by Gasteiger charge is 2.33. The number of amides is 1. The Bertz CT molecular complexity index is 396. The van der Waals surface area contributed by atoms with Gasteiger partial charge >= 0.3 is 0 Å². The summed E-state index contributed by atoms with van der Waals surface area (Å²) in [5, 5.41) is 10.1. The summed E-state index contributed by atoms with van der Waals surface area (Å²) in [5.74, 6) is 0.206. The summed E-state index contributed by atoms with van der Waals surface area (Å²) < 4.78 is 0. The van der Waals surface area contributed by atoms with Crippen LogP contribution in [0.5, 0.6) is 0 Å². The van der Waals surface area contributed by atoms with Crippen LogP contribution in [0.1, 0.15) is 44.1 Å². The number of carbonyl (C=O) groups excluding carboxylic acids is 1. The van der Waals surface area contributed by atoms with Crippen LogP contribution in [-0.2, 0) is 11.3 Å². The molecule has 0 aromatic carbocycles. The summed E-state index contributed by atoms with van der Waals surface area (Å²) in [5.41, 5.74) is 1.05. The van der Waals surface area contributed by atoms with E-state index in [0.717, 1.165) is 18.4 Å². The number of aromatic nitrogens is 2. The second-order valence-electron chi connectivity index (χ2n) is 5.62. The first-order valence-electron chi connectivity index (χ1n) is 7.06. The van der Waals surface area contributed by atoms with E-state index in [1.54, 1.807) is 11.1 Å². The maximum Gasteiger partial charge on any atom is 0.224 e. The Kier molecular flexibility index (Phi) is 4.58. The van der Waals surface area contributed by atoms with Gasteiger partial charge < -0.3 is 10.2 Å². The topological polar surface area (TPSA) is 61.0 Å². The van der Waals surface area contributed by atoms with Crippen LogP contribution >= 0.6 is 0 Å². The van der Waals surface area contributed by atoms with Gasteiger partial charge in [0.15, 0.2) is 0 Å². The van der Waals surface area contributed by atoms with E-state index in [9.17, 15) is 4.79 Å². The maximum atomic E-state index is 12.4. The van der Waals surface area contributed by atoms with Crippen LogP contribution in [0.3, 0.4) is 0 Å². The zero-order valence-corrected chi connectivity index (χ0v) is 11.9. The molecule has 2 rings (SSSR count). The van der Waals surface area contributed by atoms with Crippen molar-refractivity contribution >= 4 is 5.91 Å². The van der Waals surface area contributed by atoms with Crippen molar-refractivity contribution < 1.29 is 4.79 Å². The van der Waals surface area contributed by atoms with E-state index in [-0.39, 0.29) is 11.4 Å². The second kappa shape index (κ2) is 6.19. The number of nitrogens with zero attached hydrogens (tertiary/aromatic N) is 2. The fraction of sp³-hybridized carbons (Fsp3) is 0.714. The molecule has 0 radical (unpaired) electrons. The quantitative estimate of drug-likeness (QED) is 0.850. The summed E-state index contributed by atoms with van der Waals surface area (Å²) in [6.07, 6.45) is 10.1. The lowest BCUT2D eigenvalue weighted by Crippen LogP contribution is -2.48. The van der Waals surface area contributed by atoms with Crippen molar-refractivity contribution in [1.29, 1.82) is 0 Å². The van der Waals surface area contributed by atoms with E-state index in [4.69, 9.17) is 0 Å². The van der Waals surface area contributed by atoms with E-state index in [2.05, 4.69) is 15.5 Å². The fourth-order valence-electron chi connectivity index (χ4n) is 2.89. The van der Waals surface area contributed by atoms with E-state index >= 15 is 0 Å². The maximum absolute atomic E-state index is 12.4. The largest absolute Gasteiger partial charge is 0.341 e. The summed E-state index contributed by atoms with van der Waals surface area (Å²) >= 11 is 0. The third-order valence-electron chi connectivity index (χ3n) is 4.23. The van der Waals surface area contributed by atoms with Crippen LogP contribution in [0.15, 0.2) is 12.4 Å². The minimum atomic E-state index is 0.0139. The first kappa shape index (κ1) is 14.1. The van der Waals surface area contributed by atoms with Gasteiger partial charge in [-0.2, -0.15) is 5.10 Å². The molecule has 5 heteroatoms. The zero-order valence-electron chi connectivity index (χ0n) is 11.9. The lowest BCUT2D eigenvalue weighted by Gasteiger charge is -2.37. The van der Waals surface area contributed by atoms with Crippen molar-refractivity contribution in [2.75, 3.05) is 14.1 Å². The van der Waals surface area contributed by atoms with Crippen molar-refractivity contribution in [3.63, 3.8) is 0 Å². The summed E-state index contributed by atoms with van der Waals surface area (Å²) in [4.78, 5) is 14.1. The minimum Gasteiger partial charge on any atom is -0.341 e. The molecule has 2 N–H and O–H groups in total. The molecule has 0 atom stereocenters. The Hall–Kier alpha value is -1.36. The molecular weight excluding hydrogens is 240 g/mol. The Morgan fingerprint density at radius 2 is 2.21 bits per heavy atom. The minimum absolute atomic E-state index is 0.0139. The van der Waals surface area contributed by atoms with Crippen molar-refractivity contribution in [3.05, 3.63) is 18.0 Å². The predicted octanol–water partition coefficient (Wildman–Crippen LogP) is 1.68. The Balaban J connectivity index is 1.91. The van der Waals surface area contributed by atoms with Crippen LogP contribution in [0, 0.1) is 0 Å². The number of carbonyl (C=O) groups is 1. The standard InChI is InChI=1S/C14H24N4O/c1-15-14(6-4-3-5-7-14)8-13(19)18(2)11-12-9-16-17-10-12/h9-10,15H,3-8,11H2,1-2H3,(H,16,17). The molecule has 1 saturated carbocycles. The molecule has 1 aromatic heterocycles. The first-order valence-corrected chi connectivity index (χ1v) is 7.06. The van der Waals surface area contributed by atoms with Gasteiger partial charge in [0, 0.05) is 37.3 Å². The van der Waals surface area contributed by atoms with Crippen molar-refractivity contribution in [1.82, 2.24) is 20.4 Å². The first-order chi connectivity index (χ1) is 9.15.